The first-order valence-electron chi connectivity index (χ1n) is 15.8. The van der Waals surface area contributed by atoms with E-state index in [1.165, 1.54) is 50.1 Å². The fourth-order valence-electron chi connectivity index (χ4n) is 7.93. The van der Waals surface area contributed by atoms with Crippen molar-refractivity contribution in [2.75, 3.05) is 0 Å². The predicted molar refractivity (Wildman–Crippen MR) is 180 cm³/mol. The summed E-state index contributed by atoms with van der Waals surface area (Å²) in [5.74, 6) is 0. The van der Waals surface area contributed by atoms with Gasteiger partial charge in [-0.25, -0.2) is 0 Å². The summed E-state index contributed by atoms with van der Waals surface area (Å²) < 4.78 is 0. The highest BCUT2D eigenvalue weighted by atomic mass is 14.6. The van der Waals surface area contributed by atoms with E-state index in [0.717, 1.165) is 19.3 Å². The zero-order valence-electron chi connectivity index (χ0n) is 26.6. The van der Waals surface area contributed by atoms with Crippen LogP contribution in [0.3, 0.4) is 0 Å². The Morgan fingerprint density at radius 2 is 1.19 bits per heavy atom. The van der Waals surface area contributed by atoms with Gasteiger partial charge in [0.05, 0.1) is 5.41 Å². The molecule has 0 bridgehead atoms. The van der Waals surface area contributed by atoms with E-state index in [1.807, 2.05) is 0 Å². The van der Waals surface area contributed by atoms with E-state index in [4.69, 9.17) is 0 Å². The molecule has 2 aliphatic carbocycles. The first-order valence-corrected chi connectivity index (χ1v) is 15.8. The van der Waals surface area contributed by atoms with Crippen LogP contribution in [0.15, 0.2) is 115 Å². The van der Waals surface area contributed by atoms with Crippen LogP contribution in [0.5, 0.6) is 0 Å². The first kappa shape index (κ1) is 28.5. The van der Waals surface area contributed by atoms with Gasteiger partial charge in [-0.15, -0.1) is 0 Å². The molecule has 2 aliphatic rings. The molecule has 4 aromatic rings. The molecule has 0 heterocycles. The molecule has 0 N–H and O–H groups in total. The molecular formula is C42H46. The number of rotatable bonds is 6. The molecule has 0 saturated heterocycles. The molecule has 6 rings (SSSR count). The molecule has 0 radical (unpaired) electrons. The summed E-state index contributed by atoms with van der Waals surface area (Å²) in [7, 11) is 0. The quantitative estimate of drug-likeness (QED) is 0.184. The van der Waals surface area contributed by atoms with Crippen LogP contribution in [-0.4, -0.2) is 0 Å². The highest BCUT2D eigenvalue weighted by molar-refractivity contribution is 5.81. The highest BCUT2D eigenvalue weighted by Crippen LogP contribution is 2.61. The van der Waals surface area contributed by atoms with Gasteiger partial charge in [0.15, 0.2) is 0 Å². The second-order valence-corrected chi connectivity index (χ2v) is 14.6. The summed E-state index contributed by atoms with van der Waals surface area (Å²) in [6.45, 7) is 16.5. The average molecular weight is 551 g/mol. The van der Waals surface area contributed by atoms with Crippen molar-refractivity contribution in [2.24, 2.45) is 5.41 Å². The zero-order chi connectivity index (χ0) is 29.8. The maximum Gasteiger partial charge on any atom is 0.0582 e. The van der Waals surface area contributed by atoms with Gasteiger partial charge in [0.1, 0.15) is 0 Å². The Bertz CT molecular complexity index is 1600. The van der Waals surface area contributed by atoms with Gasteiger partial charge in [-0.2, -0.15) is 0 Å². The molecule has 0 heteroatoms. The summed E-state index contributed by atoms with van der Waals surface area (Å²) in [6.07, 6.45) is 12.7. The molecule has 0 amide bonds. The summed E-state index contributed by atoms with van der Waals surface area (Å²) >= 11 is 0. The van der Waals surface area contributed by atoms with Crippen molar-refractivity contribution in [1.82, 2.24) is 0 Å². The van der Waals surface area contributed by atoms with Crippen molar-refractivity contribution in [2.45, 2.75) is 84.0 Å². The highest BCUT2D eigenvalue weighted by Gasteiger charge is 2.55. The van der Waals surface area contributed by atoms with Gasteiger partial charge < -0.3 is 0 Å². The fraction of sp³-hybridized carbons (Fsp3) is 0.333. The fourth-order valence-corrected chi connectivity index (χ4v) is 7.93. The van der Waals surface area contributed by atoms with E-state index >= 15 is 0 Å². The maximum absolute atomic E-state index is 2.52. The Balaban J connectivity index is 1.79. The predicted octanol–water partition coefficient (Wildman–Crippen LogP) is 11.1. The molecule has 0 unspecified atom stereocenters. The molecule has 0 fully saturated rings. The second kappa shape index (κ2) is 10.3. The standard InChI is InChI=1S/C42H46/c1-8-25-41(26-15-16-27-41)42(31-17-11-9-12-18-31,32-19-13-10-14-20-32)38-36-29-30-28-33(39(2,3)4)21-22-34(30)35(36)23-24-37(38)40(5,6)7/h9-24,26-28H,8,25,29H2,1-7H3. The number of hydrogen-bond donors (Lipinski definition) is 0. The van der Waals surface area contributed by atoms with Crippen LogP contribution in [0.25, 0.3) is 11.1 Å². The van der Waals surface area contributed by atoms with E-state index in [1.54, 1.807) is 0 Å². The summed E-state index contributed by atoms with van der Waals surface area (Å²) in [6, 6.07) is 34.9. The van der Waals surface area contributed by atoms with Crippen LogP contribution in [0, 0.1) is 5.41 Å². The average Bonchev–Trinajstić information content (AvgIpc) is 3.59. The van der Waals surface area contributed by atoms with Gasteiger partial charge in [0.25, 0.3) is 0 Å². The van der Waals surface area contributed by atoms with E-state index < -0.39 is 5.41 Å². The van der Waals surface area contributed by atoms with Crippen molar-refractivity contribution < 1.29 is 0 Å². The molecule has 0 aromatic heterocycles. The van der Waals surface area contributed by atoms with Crippen LogP contribution >= 0.6 is 0 Å². The Kier molecular flexibility index (Phi) is 6.96. The lowest BCUT2D eigenvalue weighted by Gasteiger charge is -2.51. The van der Waals surface area contributed by atoms with Crippen LogP contribution in [0.4, 0.5) is 0 Å². The van der Waals surface area contributed by atoms with E-state index in [9.17, 15) is 0 Å². The van der Waals surface area contributed by atoms with Crippen molar-refractivity contribution in [1.29, 1.82) is 0 Å². The molecule has 0 atom stereocenters. The lowest BCUT2D eigenvalue weighted by atomic mass is 9.50. The summed E-state index contributed by atoms with van der Waals surface area (Å²) in [5.41, 5.74) is 12.3. The Hall–Kier alpha value is -3.64. The smallest absolute Gasteiger partial charge is 0.0582 e. The van der Waals surface area contributed by atoms with Gasteiger partial charge in [-0.05, 0) is 73.7 Å². The molecule has 0 spiro atoms. The van der Waals surface area contributed by atoms with Gasteiger partial charge in [-0.3, -0.25) is 0 Å². The monoisotopic (exact) mass is 550 g/mol. The second-order valence-electron chi connectivity index (χ2n) is 14.6. The van der Waals surface area contributed by atoms with Gasteiger partial charge in [0, 0.05) is 5.41 Å². The van der Waals surface area contributed by atoms with Crippen molar-refractivity contribution in [3.8, 4) is 11.1 Å². The van der Waals surface area contributed by atoms with Crippen molar-refractivity contribution in [3.63, 3.8) is 0 Å². The minimum atomic E-state index is -0.405. The number of benzene rings is 4. The number of fused-ring (bicyclic) bond motifs is 3. The molecule has 42 heavy (non-hydrogen) atoms. The molecule has 214 valence electrons. The van der Waals surface area contributed by atoms with Crippen LogP contribution in [0.1, 0.15) is 100 Å². The Morgan fingerprint density at radius 1 is 0.619 bits per heavy atom. The normalized spacial score (nSPS) is 15.6. The molecule has 0 aliphatic heterocycles. The van der Waals surface area contributed by atoms with Crippen LogP contribution in [0.2, 0.25) is 0 Å². The number of hydrogen-bond acceptors (Lipinski definition) is 0. The molecule has 0 saturated carbocycles. The van der Waals surface area contributed by atoms with Crippen LogP contribution in [-0.2, 0) is 22.7 Å². The van der Waals surface area contributed by atoms with Gasteiger partial charge in [0.2, 0.25) is 0 Å². The first-order chi connectivity index (χ1) is 20.0. The minimum absolute atomic E-state index is 0.0377. The van der Waals surface area contributed by atoms with Gasteiger partial charge >= 0.3 is 0 Å². The third kappa shape index (κ3) is 4.34. The molecule has 0 nitrogen and oxygen atoms in total. The summed E-state index contributed by atoms with van der Waals surface area (Å²) in [5, 5.41) is 0. The Morgan fingerprint density at radius 3 is 1.71 bits per heavy atom. The van der Waals surface area contributed by atoms with Gasteiger partial charge in [-0.1, -0.05) is 170 Å². The third-order valence-electron chi connectivity index (χ3n) is 9.80. The minimum Gasteiger partial charge on any atom is -0.0730 e. The van der Waals surface area contributed by atoms with E-state index in [0.29, 0.717) is 0 Å². The largest absolute Gasteiger partial charge is 0.0730 e. The van der Waals surface area contributed by atoms with E-state index in [-0.39, 0.29) is 16.2 Å². The molecular weight excluding hydrogens is 504 g/mol. The van der Waals surface area contributed by atoms with Crippen molar-refractivity contribution in [3.05, 3.63) is 154 Å². The third-order valence-corrected chi connectivity index (χ3v) is 9.80. The Labute approximate surface area is 254 Å². The maximum atomic E-state index is 2.52. The molecule has 4 aromatic carbocycles. The topological polar surface area (TPSA) is 0 Å². The van der Waals surface area contributed by atoms with Crippen LogP contribution < -0.4 is 0 Å². The lowest BCUT2D eigenvalue weighted by Crippen LogP contribution is -2.47. The zero-order valence-corrected chi connectivity index (χ0v) is 26.6. The number of allylic oxidation sites excluding steroid dienone is 4. The van der Waals surface area contributed by atoms with Crippen molar-refractivity contribution >= 4 is 0 Å². The van der Waals surface area contributed by atoms with E-state index in [2.05, 4.69) is 164 Å². The SMILES string of the molecule is CCCC1(C(c2ccccc2)(c2ccccc2)c2c(C(C)(C)C)ccc3c2Cc2cc(C(C)(C)C)ccc2-3)C=CC=C1. The lowest BCUT2D eigenvalue weighted by molar-refractivity contribution is 0.304. The summed E-state index contributed by atoms with van der Waals surface area (Å²) in [4.78, 5) is 0.